The topological polar surface area (TPSA) is 87.4 Å². The highest BCUT2D eigenvalue weighted by molar-refractivity contribution is 5.74. The van der Waals surface area contributed by atoms with Gasteiger partial charge in [0.25, 0.3) is 0 Å². The standard InChI is InChI=1S/C21H21FN6O2/c1-15-5-4-6-16(13-15)25-20-19(28(29)30)21(24-14-23-20)27-11-9-26(10-12-27)18-8-3-2-7-17(18)22/h2-8,13-14H,9-12H2,1H3,(H,23,24,25). The lowest BCUT2D eigenvalue weighted by molar-refractivity contribution is -0.383. The molecule has 9 heteroatoms. The van der Waals surface area contributed by atoms with Gasteiger partial charge < -0.3 is 15.1 Å². The SMILES string of the molecule is Cc1cccc(Nc2ncnc(N3CCN(c4ccccc4F)CC3)c2[N+](=O)[O-])c1. The van der Waals surface area contributed by atoms with E-state index in [2.05, 4.69) is 15.3 Å². The van der Waals surface area contributed by atoms with Crippen LogP contribution in [0.2, 0.25) is 0 Å². The third-order valence-electron chi connectivity index (χ3n) is 5.04. The maximum absolute atomic E-state index is 14.1. The summed E-state index contributed by atoms with van der Waals surface area (Å²) in [5, 5.41) is 14.9. The van der Waals surface area contributed by atoms with Crippen molar-refractivity contribution in [2.24, 2.45) is 0 Å². The number of hydrogen-bond donors (Lipinski definition) is 1. The van der Waals surface area contributed by atoms with Gasteiger partial charge in [0.2, 0.25) is 11.6 Å². The van der Waals surface area contributed by atoms with Crippen molar-refractivity contribution >= 4 is 28.7 Å². The molecular weight excluding hydrogens is 387 g/mol. The van der Waals surface area contributed by atoms with Gasteiger partial charge in [-0.2, -0.15) is 0 Å². The van der Waals surface area contributed by atoms with Gasteiger partial charge in [-0.3, -0.25) is 10.1 Å². The van der Waals surface area contributed by atoms with E-state index < -0.39 is 4.92 Å². The Labute approximate surface area is 173 Å². The van der Waals surface area contributed by atoms with Crippen LogP contribution >= 0.6 is 0 Å². The summed E-state index contributed by atoms with van der Waals surface area (Å²) in [6.45, 7) is 3.97. The van der Waals surface area contributed by atoms with Crippen LogP contribution in [0.25, 0.3) is 0 Å². The number of aromatic nitrogens is 2. The van der Waals surface area contributed by atoms with Gasteiger partial charge in [0.1, 0.15) is 12.1 Å². The van der Waals surface area contributed by atoms with E-state index in [1.54, 1.807) is 18.2 Å². The van der Waals surface area contributed by atoms with Crippen molar-refractivity contribution < 1.29 is 9.31 Å². The average molecular weight is 408 g/mol. The van der Waals surface area contributed by atoms with E-state index in [1.165, 1.54) is 12.4 Å². The Morgan fingerprint density at radius 3 is 2.47 bits per heavy atom. The van der Waals surface area contributed by atoms with Crippen LogP contribution in [0, 0.1) is 22.9 Å². The number of aryl methyl sites for hydroxylation is 1. The molecule has 0 saturated carbocycles. The normalized spacial score (nSPS) is 13.9. The van der Waals surface area contributed by atoms with Crippen LogP contribution in [0.5, 0.6) is 0 Å². The fraction of sp³-hybridized carbons (Fsp3) is 0.238. The zero-order valence-corrected chi connectivity index (χ0v) is 16.5. The van der Waals surface area contributed by atoms with Crippen LogP contribution in [0.15, 0.2) is 54.9 Å². The van der Waals surface area contributed by atoms with E-state index >= 15 is 0 Å². The minimum atomic E-state index is -0.462. The first-order chi connectivity index (χ1) is 14.5. The number of nitrogens with zero attached hydrogens (tertiary/aromatic N) is 5. The van der Waals surface area contributed by atoms with E-state index in [4.69, 9.17) is 0 Å². The zero-order chi connectivity index (χ0) is 21.1. The van der Waals surface area contributed by atoms with Gasteiger partial charge in [-0.25, -0.2) is 14.4 Å². The van der Waals surface area contributed by atoms with Gasteiger partial charge >= 0.3 is 5.69 Å². The van der Waals surface area contributed by atoms with E-state index in [-0.39, 0.29) is 23.1 Å². The van der Waals surface area contributed by atoms with Gasteiger partial charge in [0.15, 0.2) is 0 Å². The maximum atomic E-state index is 14.1. The number of benzene rings is 2. The van der Waals surface area contributed by atoms with Crippen LogP contribution in [-0.2, 0) is 0 Å². The quantitative estimate of drug-likeness (QED) is 0.506. The summed E-state index contributed by atoms with van der Waals surface area (Å²) >= 11 is 0. The van der Waals surface area contributed by atoms with Crippen LogP contribution in [-0.4, -0.2) is 41.1 Å². The molecule has 2 heterocycles. The van der Waals surface area contributed by atoms with Crippen molar-refractivity contribution in [2.75, 3.05) is 41.3 Å². The Morgan fingerprint density at radius 2 is 1.77 bits per heavy atom. The maximum Gasteiger partial charge on any atom is 0.353 e. The molecule has 1 aliphatic rings. The zero-order valence-electron chi connectivity index (χ0n) is 16.5. The van der Waals surface area contributed by atoms with Gasteiger partial charge in [0.05, 0.1) is 10.6 Å². The molecule has 0 radical (unpaired) electrons. The molecule has 0 atom stereocenters. The number of anilines is 4. The molecule has 1 aromatic heterocycles. The Bertz CT molecular complexity index is 1070. The summed E-state index contributed by atoms with van der Waals surface area (Å²) in [4.78, 5) is 23.5. The monoisotopic (exact) mass is 408 g/mol. The summed E-state index contributed by atoms with van der Waals surface area (Å²) < 4.78 is 14.1. The second-order valence-corrected chi connectivity index (χ2v) is 7.07. The lowest BCUT2D eigenvalue weighted by atomic mass is 10.2. The molecule has 30 heavy (non-hydrogen) atoms. The highest BCUT2D eigenvalue weighted by atomic mass is 19.1. The van der Waals surface area contributed by atoms with Gasteiger partial charge in [0, 0.05) is 31.9 Å². The first-order valence-electron chi connectivity index (χ1n) is 9.60. The number of para-hydroxylation sites is 1. The third-order valence-corrected chi connectivity index (χ3v) is 5.04. The predicted octanol–water partition coefficient (Wildman–Crippen LogP) is 3.90. The molecule has 3 aromatic rings. The highest BCUT2D eigenvalue weighted by Crippen LogP contribution is 2.34. The Morgan fingerprint density at radius 1 is 1.03 bits per heavy atom. The van der Waals surface area contributed by atoms with Crippen LogP contribution in [0.4, 0.5) is 33.1 Å². The summed E-state index contributed by atoms with van der Waals surface area (Å²) in [5.74, 6) is 0.133. The third kappa shape index (κ3) is 4.00. The van der Waals surface area contributed by atoms with Crippen molar-refractivity contribution in [3.8, 4) is 0 Å². The molecule has 0 amide bonds. The Balaban J connectivity index is 1.57. The van der Waals surface area contributed by atoms with E-state index in [9.17, 15) is 14.5 Å². The van der Waals surface area contributed by atoms with Crippen molar-refractivity contribution in [2.45, 2.75) is 6.92 Å². The minimum absolute atomic E-state index is 0.145. The van der Waals surface area contributed by atoms with Crippen molar-refractivity contribution in [1.82, 2.24) is 9.97 Å². The molecule has 2 aromatic carbocycles. The summed E-state index contributed by atoms with van der Waals surface area (Å²) in [7, 11) is 0. The molecule has 1 N–H and O–H groups in total. The number of piperazine rings is 1. The Hall–Kier alpha value is -3.75. The predicted molar refractivity (Wildman–Crippen MR) is 114 cm³/mol. The lowest BCUT2D eigenvalue weighted by Gasteiger charge is -2.36. The molecule has 1 aliphatic heterocycles. The molecule has 0 bridgehead atoms. The Kier molecular flexibility index (Phi) is 5.42. The fourth-order valence-corrected chi connectivity index (χ4v) is 3.59. The van der Waals surface area contributed by atoms with Crippen LogP contribution in [0.1, 0.15) is 5.56 Å². The highest BCUT2D eigenvalue weighted by Gasteiger charge is 2.29. The lowest BCUT2D eigenvalue weighted by Crippen LogP contribution is -2.47. The van der Waals surface area contributed by atoms with E-state index in [0.29, 0.717) is 37.6 Å². The van der Waals surface area contributed by atoms with Gasteiger partial charge in [-0.1, -0.05) is 24.3 Å². The molecular formula is C21H21FN6O2. The first kappa shape index (κ1) is 19.6. The molecule has 4 rings (SSSR count). The average Bonchev–Trinajstić information content (AvgIpc) is 2.74. The molecule has 154 valence electrons. The number of nitro groups is 1. The smallest absolute Gasteiger partial charge is 0.353 e. The molecule has 0 spiro atoms. The summed E-state index contributed by atoms with van der Waals surface area (Å²) in [5.41, 5.74) is 2.11. The van der Waals surface area contributed by atoms with E-state index in [0.717, 1.165) is 5.56 Å². The van der Waals surface area contributed by atoms with E-state index in [1.807, 2.05) is 41.0 Å². The largest absolute Gasteiger partial charge is 0.366 e. The van der Waals surface area contributed by atoms with Crippen molar-refractivity contribution in [3.63, 3.8) is 0 Å². The number of nitrogens with one attached hydrogen (secondary N) is 1. The van der Waals surface area contributed by atoms with Crippen LogP contribution < -0.4 is 15.1 Å². The number of hydrogen-bond acceptors (Lipinski definition) is 7. The molecule has 8 nitrogen and oxygen atoms in total. The molecule has 0 unspecified atom stereocenters. The van der Waals surface area contributed by atoms with Crippen LogP contribution in [0.3, 0.4) is 0 Å². The van der Waals surface area contributed by atoms with Gasteiger partial charge in [-0.05, 0) is 36.8 Å². The number of halogens is 1. The van der Waals surface area contributed by atoms with Crippen molar-refractivity contribution in [3.05, 3.63) is 76.4 Å². The summed E-state index contributed by atoms with van der Waals surface area (Å²) in [6.07, 6.45) is 1.32. The second kappa shape index (κ2) is 8.32. The van der Waals surface area contributed by atoms with Gasteiger partial charge in [-0.15, -0.1) is 0 Å². The molecule has 1 fully saturated rings. The second-order valence-electron chi connectivity index (χ2n) is 7.07. The summed E-state index contributed by atoms with van der Waals surface area (Å²) in [6, 6.07) is 14.1. The first-order valence-corrected chi connectivity index (χ1v) is 9.60. The number of rotatable bonds is 5. The van der Waals surface area contributed by atoms with Crippen molar-refractivity contribution in [1.29, 1.82) is 0 Å². The minimum Gasteiger partial charge on any atom is -0.366 e. The molecule has 0 aliphatic carbocycles. The molecule has 1 saturated heterocycles. The fourth-order valence-electron chi connectivity index (χ4n) is 3.59.